The molecule has 0 atom stereocenters. The Morgan fingerprint density at radius 3 is 2.62 bits per heavy atom. The molecule has 0 saturated carbocycles. The summed E-state index contributed by atoms with van der Waals surface area (Å²) in [6, 6.07) is 4.29. The lowest BCUT2D eigenvalue weighted by Gasteiger charge is -2.26. The van der Waals surface area contributed by atoms with Gasteiger partial charge in [0.2, 0.25) is 0 Å². The first-order valence-electron chi connectivity index (χ1n) is 7.16. The molecule has 0 saturated heterocycles. The molecule has 21 heavy (non-hydrogen) atoms. The van der Waals surface area contributed by atoms with Crippen LogP contribution in [0.3, 0.4) is 0 Å². The topological polar surface area (TPSA) is 78.8 Å². The second kappa shape index (κ2) is 7.31. The Balaban J connectivity index is 2.53. The Morgan fingerprint density at radius 2 is 2.00 bits per heavy atom. The maximum Gasteiger partial charge on any atom is 0.255 e. The Bertz CT molecular complexity index is 483. The van der Waals surface area contributed by atoms with E-state index >= 15 is 0 Å². The van der Waals surface area contributed by atoms with Gasteiger partial charge in [-0.3, -0.25) is 4.79 Å². The third-order valence-electron chi connectivity index (χ3n) is 3.12. The number of carbonyl (C=O) groups excluding carboxylic acids is 1. The van der Waals surface area contributed by atoms with E-state index in [-0.39, 0.29) is 11.3 Å². The minimum atomic E-state index is -0.489. The zero-order valence-corrected chi connectivity index (χ0v) is 13.1. The zero-order chi connectivity index (χ0) is 16.0. The van der Waals surface area contributed by atoms with Crippen molar-refractivity contribution in [3.8, 4) is 11.5 Å². The van der Waals surface area contributed by atoms with Crippen LogP contribution in [0.4, 0.5) is 0 Å². The maximum atomic E-state index is 12.0. The van der Waals surface area contributed by atoms with Gasteiger partial charge in [0.25, 0.3) is 5.91 Å². The summed E-state index contributed by atoms with van der Waals surface area (Å²) in [5.41, 5.74) is -0.440. The van der Waals surface area contributed by atoms with E-state index in [4.69, 9.17) is 4.74 Å². The van der Waals surface area contributed by atoms with Crippen molar-refractivity contribution in [2.24, 2.45) is 5.92 Å². The van der Waals surface area contributed by atoms with Crippen molar-refractivity contribution in [2.45, 2.75) is 39.7 Å². The van der Waals surface area contributed by atoms with Crippen molar-refractivity contribution in [3.05, 3.63) is 23.8 Å². The third kappa shape index (κ3) is 5.63. The summed E-state index contributed by atoms with van der Waals surface area (Å²) in [6.45, 7) is 9.01. The quantitative estimate of drug-likeness (QED) is 0.676. The lowest BCUT2D eigenvalue weighted by atomic mass is 10.1. The lowest BCUT2D eigenvalue weighted by molar-refractivity contribution is -0.0200. The molecular formula is C16H25NO4. The normalized spacial score (nSPS) is 11.7. The Morgan fingerprint density at radius 1 is 1.33 bits per heavy atom. The van der Waals surface area contributed by atoms with Gasteiger partial charge in [-0.05, 0) is 38.3 Å². The molecular weight excluding hydrogens is 270 g/mol. The molecule has 1 aromatic rings. The Hall–Kier alpha value is -1.75. The average molecular weight is 295 g/mol. The number of nitrogens with one attached hydrogen (secondary N) is 1. The number of hydrogen-bond donors (Lipinski definition) is 3. The molecule has 0 aromatic heterocycles. The van der Waals surface area contributed by atoms with Gasteiger partial charge in [-0.2, -0.15) is 0 Å². The van der Waals surface area contributed by atoms with Crippen molar-refractivity contribution in [3.63, 3.8) is 0 Å². The molecule has 1 amide bonds. The van der Waals surface area contributed by atoms with Crippen LogP contribution in [-0.4, -0.2) is 34.9 Å². The number of hydrogen-bond acceptors (Lipinski definition) is 4. The fourth-order valence-electron chi connectivity index (χ4n) is 1.72. The molecule has 3 N–H and O–H groups in total. The molecule has 0 heterocycles. The van der Waals surface area contributed by atoms with Crippen LogP contribution in [-0.2, 0) is 4.74 Å². The highest BCUT2D eigenvalue weighted by atomic mass is 16.5. The molecule has 0 spiro atoms. The Kier molecular flexibility index (Phi) is 6.03. The second-order valence-electron chi connectivity index (χ2n) is 6.15. The first-order valence-corrected chi connectivity index (χ1v) is 7.16. The third-order valence-corrected chi connectivity index (χ3v) is 3.12. The first-order chi connectivity index (χ1) is 9.73. The van der Waals surface area contributed by atoms with Crippen LogP contribution in [0.15, 0.2) is 18.2 Å². The molecule has 0 aliphatic rings. The van der Waals surface area contributed by atoms with Gasteiger partial charge in [-0.15, -0.1) is 0 Å². The zero-order valence-electron chi connectivity index (χ0n) is 13.1. The van der Waals surface area contributed by atoms with Crippen LogP contribution >= 0.6 is 0 Å². The van der Waals surface area contributed by atoms with E-state index in [9.17, 15) is 15.0 Å². The van der Waals surface area contributed by atoms with Crippen LogP contribution in [0.2, 0.25) is 0 Å². The summed E-state index contributed by atoms with van der Waals surface area (Å²) < 4.78 is 5.75. The van der Waals surface area contributed by atoms with Gasteiger partial charge in [0.05, 0.1) is 11.2 Å². The van der Waals surface area contributed by atoms with E-state index in [2.05, 4.69) is 19.2 Å². The number of ether oxygens (including phenoxy) is 1. The van der Waals surface area contributed by atoms with Crippen molar-refractivity contribution < 1.29 is 19.7 Å². The van der Waals surface area contributed by atoms with Crippen molar-refractivity contribution in [2.75, 3.05) is 13.2 Å². The average Bonchev–Trinajstić information content (AvgIpc) is 2.38. The highest BCUT2D eigenvalue weighted by Crippen LogP contribution is 2.28. The monoisotopic (exact) mass is 295 g/mol. The summed E-state index contributed by atoms with van der Waals surface area (Å²) in [5, 5.41) is 21.8. The molecule has 0 aliphatic carbocycles. The molecule has 0 fully saturated rings. The van der Waals surface area contributed by atoms with Gasteiger partial charge < -0.3 is 20.3 Å². The number of benzene rings is 1. The summed E-state index contributed by atoms with van der Waals surface area (Å²) in [6.07, 6.45) is 0.963. The van der Waals surface area contributed by atoms with Gasteiger partial charge >= 0.3 is 0 Å². The number of carbonyl (C=O) groups is 1. The van der Waals surface area contributed by atoms with Gasteiger partial charge in [0.15, 0.2) is 11.5 Å². The standard InChI is InChI=1S/C16H25NO4/c1-11(2)8-9-21-16(3,4)10-17-15(20)12-6-5-7-13(18)14(12)19/h5-7,11,18-19H,8-10H2,1-4H3,(H,17,20). The summed E-state index contributed by atoms with van der Waals surface area (Å²) in [5.74, 6) is -0.591. The van der Waals surface area contributed by atoms with E-state index in [1.807, 2.05) is 13.8 Å². The number of aromatic hydroxyl groups is 2. The molecule has 0 bridgehead atoms. The highest BCUT2D eigenvalue weighted by Gasteiger charge is 2.21. The molecule has 118 valence electrons. The van der Waals surface area contributed by atoms with Crippen LogP contribution in [0.5, 0.6) is 11.5 Å². The first kappa shape index (κ1) is 17.3. The predicted molar refractivity (Wildman–Crippen MR) is 81.6 cm³/mol. The molecule has 5 nitrogen and oxygen atoms in total. The molecule has 1 rings (SSSR count). The SMILES string of the molecule is CC(C)CCOC(C)(C)CNC(=O)c1cccc(O)c1O. The lowest BCUT2D eigenvalue weighted by Crippen LogP contribution is -2.40. The molecule has 0 radical (unpaired) electrons. The molecule has 0 unspecified atom stereocenters. The van der Waals surface area contributed by atoms with Gasteiger partial charge in [-0.25, -0.2) is 0 Å². The van der Waals surface area contributed by atoms with E-state index in [0.29, 0.717) is 19.1 Å². The molecule has 5 heteroatoms. The summed E-state index contributed by atoms with van der Waals surface area (Å²) in [4.78, 5) is 12.0. The number of rotatable bonds is 7. The van der Waals surface area contributed by atoms with Crippen molar-refractivity contribution >= 4 is 5.91 Å². The van der Waals surface area contributed by atoms with E-state index in [1.165, 1.54) is 18.2 Å². The highest BCUT2D eigenvalue weighted by molar-refractivity contribution is 5.97. The van der Waals surface area contributed by atoms with E-state index in [0.717, 1.165) is 6.42 Å². The van der Waals surface area contributed by atoms with E-state index < -0.39 is 17.3 Å². The smallest absolute Gasteiger partial charge is 0.255 e. The van der Waals surface area contributed by atoms with Crippen LogP contribution in [0.25, 0.3) is 0 Å². The minimum Gasteiger partial charge on any atom is -0.504 e. The van der Waals surface area contributed by atoms with Crippen molar-refractivity contribution in [1.29, 1.82) is 0 Å². The maximum absolute atomic E-state index is 12.0. The summed E-state index contributed by atoms with van der Waals surface area (Å²) >= 11 is 0. The van der Waals surface area contributed by atoms with Crippen LogP contribution in [0.1, 0.15) is 44.5 Å². The Labute approximate surface area is 125 Å². The predicted octanol–water partition coefficient (Wildman–Crippen LogP) is 2.67. The fraction of sp³-hybridized carbons (Fsp3) is 0.562. The largest absolute Gasteiger partial charge is 0.504 e. The number of para-hydroxylation sites is 1. The van der Waals surface area contributed by atoms with Gasteiger partial charge in [0, 0.05) is 13.2 Å². The summed E-state index contributed by atoms with van der Waals surface area (Å²) in [7, 11) is 0. The second-order valence-corrected chi connectivity index (χ2v) is 6.15. The fourth-order valence-corrected chi connectivity index (χ4v) is 1.72. The van der Waals surface area contributed by atoms with E-state index in [1.54, 1.807) is 0 Å². The number of phenolic OH excluding ortho intramolecular Hbond substituents is 2. The van der Waals surface area contributed by atoms with Gasteiger partial charge in [0.1, 0.15) is 0 Å². The van der Waals surface area contributed by atoms with Gasteiger partial charge in [-0.1, -0.05) is 19.9 Å². The minimum absolute atomic E-state index is 0.0491. The number of phenols is 2. The molecule has 0 aliphatic heterocycles. The van der Waals surface area contributed by atoms with Crippen molar-refractivity contribution in [1.82, 2.24) is 5.32 Å². The number of amides is 1. The molecule has 1 aromatic carbocycles. The van der Waals surface area contributed by atoms with Crippen LogP contribution in [0, 0.1) is 5.92 Å². The van der Waals surface area contributed by atoms with Crippen LogP contribution < -0.4 is 5.32 Å².